The monoisotopic (exact) mass is 289 g/mol. The lowest BCUT2D eigenvalue weighted by Gasteiger charge is -2.23. The molecule has 0 spiro atoms. The molecular weight excluding hydrogens is 266 g/mol. The first-order valence-electron chi connectivity index (χ1n) is 8.24. The van der Waals surface area contributed by atoms with Crippen molar-refractivity contribution in [2.45, 2.75) is 57.1 Å². The van der Waals surface area contributed by atoms with Crippen molar-refractivity contribution in [2.75, 3.05) is 6.61 Å². The number of aromatic nitrogens is 2. The van der Waals surface area contributed by atoms with Crippen molar-refractivity contribution in [1.82, 2.24) is 15.5 Å². The molecule has 5 heteroatoms. The van der Waals surface area contributed by atoms with Gasteiger partial charge in [0.2, 0.25) is 5.91 Å². The van der Waals surface area contributed by atoms with Crippen molar-refractivity contribution in [3.8, 4) is 0 Å². The van der Waals surface area contributed by atoms with Gasteiger partial charge in [-0.1, -0.05) is 0 Å². The van der Waals surface area contributed by atoms with Crippen LogP contribution >= 0.6 is 0 Å². The molecule has 21 heavy (non-hydrogen) atoms. The van der Waals surface area contributed by atoms with Crippen molar-refractivity contribution < 1.29 is 9.53 Å². The van der Waals surface area contributed by atoms with Crippen molar-refractivity contribution in [3.05, 3.63) is 17.5 Å². The number of carbonyl (C=O) groups is 1. The largest absolute Gasteiger partial charge is 0.362 e. The summed E-state index contributed by atoms with van der Waals surface area (Å²) in [6.45, 7) is 0.166. The molecule has 4 rings (SSSR count). The van der Waals surface area contributed by atoms with E-state index in [1.807, 2.05) is 6.20 Å². The second-order valence-corrected chi connectivity index (χ2v) is 6.77. The van der Waals surface area contributed by atoms with Crippen LogP contribution in [0.15, 0.2) is 6.20 Å². The van der Waals surface area contributed by atoms with E-state index in [-0.39, 0.29) is 18.6 Å². The van der Waals surface area contributed by atoms with Gasteiger partial charge >= 0.3 is 0 Å². The minimum absolute atomic E-state index is 0.00213. The van der Waals surface area contributed by atoms with Gasteiger partial charge < -0.3 is 10.1 Å². The van der Waals surface area contributed by atoms with Gasteiger partial charge in [0, 0.05) is 6.04 Å². The number of carbonyl (C=O) groups excluding carboxylic acids is 1. The lowest BCUT2D eigenvalue weighted by Crippen LogP contribution is -2.40. The van der Waals surface area contributed by atoms with Gasteiger partial charge in [-0.15, -0.1) is 0 Å². The van der Waals surface area contributed by atoms with Crippen LogP contribution in [0.5, 0.6) is 0 Å². The highest BCUT2D eigenvalue weighted by atomic mass is 16.5. The van der Waals surface area contributed by atoms with Crippen LogP contribution in [0.3, 0.4) is 0 Å². The Labute approximate surface area is 124 Å². The van der Waals surface area contributed by atoms with E-state index in [2.05, 4.69) is 15.5 Å². The number of rotatable bonds is 6. The normalized spacial score (nSPS) is 24.9. The molecule has 1 heterocycles. The third-order valence-corrected chi connectivity index (χ3v) is 4.99. The Morgan fingerprint density at radius 2 is 2.10 bits per heavy atom. The average molecular weight is 289 g/mol. The second kappa shape index (κ2) is 5.44. The van der Waals surface area contributed by atoms with Gasteiger partial charge in [-0.25, -0.2) is 0 Å². The summed E-state index contributed by atoms with van der Waals surface area (Å²) in [6.07, 6.45) is 10.1. The molecule has 114 valence electrons. The molecule has 1 aromatic heterocycles. The fraction of sp³-hybridized carbons (Fsp3) is 0.750. The molecule has 2 fully saturated rings. The third kappa shape index (κ3) is 2.98. The smallest absolute Gasteiger partial charge is 0.246 e. The topological polar surface area (TPSA) is 67.0 Å². The average Bonchev–Trinajstić information content (AvgIpc) is 3.41. The highest BCUT2D eigenvalue weighted by Crippen LogP contribution is 2.44. The van der Waals surface area contributed by atoms with Gasteiger partial charge in [0.25, 0.3) is 0 Å². The van der Waals surface area contributed by atoms with E-state index in [0.29, 0.717) is 6.04 Å². The van der Waals surface area contributed by atoms with Crippen molar-refractivity contribution in [2.24, 2.45) is 11.8 Å². The molecule has 0 saturated heterocycles. The fourth-order valence-electron chi connectivity index (χ4n) is 3.52. The molecule has 2 N–H and O–H groups in total. The van der Waals surface area contributed by atoms with Crippen molar-refractivity contribution in [3.63, 3.8) is 0 Å². The molecule has 0 unspecified atom stereocenters. The molecule has 2 saturated carbocycles. The third-order valence-electron chi connectivity index (χ3n) is 4.99. The first kappa shape index (κ1) is 13.3. The predicted octanol–water partition coefficient (Wildman–Crippen LogP) is 2.11. The van der Waals surface area contributed by atoms with E-state index in [0.717, 1.165) is 36.8 Å². The van der Waals surface area contributed by atoms with Crippen LogP contribution in [0, 0.1) is 11.8 Å². The summed E-state index contributed by atoms with van der Waals surface area (Å²) < 4.78 is 5.85. The summed E-state index contributed by atoms with van der Waals surface area (Å²) in [6, 6.07) is 0.412. The number of aryl methyl sites for hydroxylation is 1. The highest BCUT2D eigenvalue weighted by molar-refractivity contribution is 5.77. The number of amides is 1. The van der Waals surface area contributed by atoms with E-state index in [4.69, 9.17) is 4.74 Å². The zero-order valence-electron chi connectivity index (χ0n) is 12.3. The van der Waals surface area contributed by atoms with E-state index in [1.165, 1.54) is 31.2 Å². The van der Waals surface area contributed by atoms with E-state index >= 15 is 0 Å². The van der Waals surface area contributed by atoms with Gasteiger partial charge in [0.05, 0.1) is 18.0 Å². The van der Waals surface area contributed by atoms with Gasteiger partial charge in [-0.3, -0.25) is 9.89 Å². The Hall–Kier alpha value is -1.36. The van der Waals surface area contributed by atoms with Crippen LogP contribution in [-0.4, -0.2) is 28.8 Å². The lowest BCUT2D eigenvalue weighted by atomic mass is 9.96. The molecule has 3 aliphatic rings. The Kier molecular flexibility index (Phi) is 3.45. The summed E-state index contributed by atoms with van der Waals surface area (Å²) in [7, 11) is 0. The number of aromatic amines is 1. The van der Waals surface area contributed by atoms with Crippen LogP contribution < -0.4 is 5.32 Å². The van der Waals surface area contributed by atoms with Crippen LogP contribution in [0.2, 0.25) is 0 Å². The van der Waals surface area contributed by atoms with E-state index in [1.54, 1.807) is 0 Å². The summed E-state index contributed by atoms with van der Waals surface area (Å²) in [5.41, 5.74) is 2.30. The number of nitrogens with zero attached hydrogens (tertiary/aromatic N) is 1. The molecule has 3 aliphatic carbocycles. The highest BCUT2D eigenvalue weighted by Gasteiger charge is 2.42. The van der Waals surface area contributed by atoms with Crippen LogP contribution in [0.25, 0.3) is 0 Å². The van der Waals surface area contributed by atoms with Gasteiger partial charge in [0.1, 0.15) is 6.61 Å². The molecule has 0 bridgehead atoms. The lowest BCUT2D eigenvalue weighted by molar-refractivity contribution is -0.129. The number of hydrogen-bond acceptors (Lipinski definition) is 3. The Morgan fingerprint density at radius 1 is 1.33 bits per heavy atom. The second-order valence-electron chi connectivity index (χ2n) is 6.77. The fourth-order valence-corrected chi connectivity index (χ4v) is 3.52. The minimum atomic E-state index is 0.00213. The van der Waals surface area contributed by atoms with Crippen LogP contribution in [0.4, 0.5) is 0 Å². The Bertz CT molecular complexity index is 507. The number of ether oxygens (including phenoxy) is 1. The van der Waals surface area contributed by atoms with Gasteiger partial charge in [0.15, 0.2) is 0 Å². The number of hydrogen-bond donors (Lipinski definition) is 2. The standard InChI is InChI=1S/C16H23N3O2/c20-14(18-15(10-4-5-10)11-6-7-11)9-21-13-3-1-2-12-8-17-19-16(12)13/h8,10-11,13,15H,1-7,9H2,(H,17,19)(H,18,20)/t13-/m0/s1. The Morgan fingerprint density at radius 3 is 2.81 bits per heavy atom. The van der Waals surface area contributed by atoms with Crippen molar-refractivity contribution in [1.29, 1.82) is 0 Å². The molecule has 5 nitrogen and oxygen atoms in total. The number of nitrogens with one attached hydrogen (secondary N) is 2. The van der Waals surface area contributed by atoms with E-state index < -0.39 is 0 Å². The Balaban J connectivity index is 1.30. The molecule has 0 radical (unpaired) electrons. The first-order valence-corrected chi connectivity index (χ1v) is 8.24. The predicted molar refractivity (Wildman–Crippen MR) is 77.6 cm³/mol. The molecular formula is C16H23N3O2. The molecule has 1 aromatic rings. The summed E-state index contributed by atoms with van der Waals surface area (Å²) in [4.78, 5) is 12.1. The zero-order chi connectivity index (χ0) is 14.2. The quantitative estimate of drug-likeness (QED) is 0.843. The summed E-state index contributed by atoms with van der Waals surface area (Å²) in [5.74, 6) is 1.51. The van der Waals surface area contributed by atoms with Crippen LogP contribution in [-0.2, 0) is 16.0 Å². The number of fused-ring (bicyclic) bond motifs is 1. The summed E-state index contributed by atoms with van der Waals surface area (Å²) >= 11 is 0. The first-order chi connectivity index (χ1) is 10.3. The zero-order valence-corrected chi connectivity index (χ0v) is 12.3. The molecule has 0 aliphatic heterocycles. The van der Waals surface area contributed by atoms with Crippen LogP contribution in [0.1, 0.15) is 55.9 Å². The maximum atomic E-state index is 12.1. The minimum Gasteiger partial charge on any atom is -0.362 e. The molecule has 1 amide bonds. The molecule has 0 aromatic carbocycles. The van der Waals surface area contributed by atoms with Crippen molar-refractivity contribution >= 4 is 5.91 Å². The maximum absolute atomic E-state index is 12.1. The SMILES string of the molecule is O=C(CO[C@H]1CCCc2cn[nH]c21)NC(C1CC1)C1CC1. The van der Waals surface area contributed by atoms with Gasteiger partial charge in [-0.05, 0) is 62.3 Å². The van der Waals surface area contributed by atoms with E-state index in [9.17, 15) is 4.79 Å². The summed E-state index contributed by atoms with van der Waals surface area (Å²) in [5, 5.41) is 10.3. The number of H-pyrrole nitrogens is 1. The maximum Gasteiger partial charge on any atom is 0.246 e. The van der Waals surface area contributed by atoms with Gasteiger partial charge in [-0.2, -0.15) is 5.10 Å². The molecule has 1 atom stereocenters.